The maximum atomic E-state index is 4.19. The molecular formula is C10H8N. The van der Waals surface area contributed by atoms with E-state index in [-0.39, 0.29) is 0 Å². The molecule has 0 saturated carbocycles. The molecule has 0 atom stereocenters. The fourth-order valence-electron chi connectivity index (χ4n) is 1.18. The summed E-state index contributed by atoms with van der Waals surface area (Å²) in [6, 6.07) is 11.2. The van der Waals surface area contributed by atoms with Crippen molar-refractivity contribution < 1.29 is 0 Å². The van der Waals surface area contributed by atoms with Crippen molar-refractivity contribution in [2.75, 3.05) is 0 Å². The van der Waals surface area contributed by atoms with Gasteiger partial charge >= 0.3 is 0 Å². The number of benzene rings is 1. The van der Waals surface area contributed by atoms with Crippen LogP contribution in [0.2, 0.25) is 0 Å². The van der Waals surface area contributed by atoms with Crippen LogP contribution >= 0.6 is 0 Å². The summed E-state index contributed by atoms with van der Waals surface area (Å²) < 4.78 is 0. The molecule has 2 rings (SSSR count). The summed E-state index contributed by atoms with van der Waals surface area (Å²) in [5.41, 5.74) is 2.21. The lowest BCUT2D eigenvalue weighted by molar-refractivity contribution is 1.36. The zero-order chi connectivity index (χ0) is 7.68. The molecule has 1 aromatic heterocycles. The van der Waals surface area contributed by atoms with Crippen LogP contribution in [-0.4, -0.2) is 4.98 Å². The molecule has 1 radical (unpaired) electrons. The van der Waals surface area contributed by atoms with Gasteiger partial charge in [-0.3, -0.25) is 4.98 Å². The van der Waals surface area contributed by atoms with Crippen molar-refractivity contribution >= 4 is 10.9 Å². The van der Waals surface area contributed by atoms with Crippen LogP contribution in [0.4, 0.5) is 0 Å². The highest BCUT2D eigenvalue weighted by atomic mass is 14.6. The molecule has 0 aliphatic heterocycles. The Hall–Kier alpha value is -1.37. The molecule has 1 heteroatoms. The number of aryl methyl sites for hydroxylation is 1. The number of hydrogen-bond donors (Lipinski definition) is 0. The fraction of sp³-hybridized carbons (Fsp3) is 0.100. The number of nitrogens with zero attached hydrogens (tertiary/aromatic N) is 1. The van der Waals surface area contributed by atoms with E-state index in [4.69, 9.17) is 0 Å². The SMILES string of the molecule is Cc1[c]cnc2ccccc12. The van der Waals surface area contributed by atoms with Gasteiger partial charge in [0.15, 0.2) is 0 Å². The summed E-state index contributed by atoms with van der Waals surface area (Å²) in [5.74, 6) is 0. The second-order valence-corrected chi connectivity index (χ2v) is 2.54. The third-order valence-corrected chi connectivity index (χ3v) is 1.79. The van der Waals surface area contributed by atoms with E-state index >= 15 is 0 Å². The molecule has 1 nitrogen and oxygen atoms in total. The van der Waals surface area contributed by atoms with Gasteiger partial charge in [-0.15, -0.1) is 0 Å². The zero-order valence-electron chi connectivity index (χ0n) is 6.33. The van der Waals surface area contributed by atoms with Crippen LogP contribution in [0.15, 0.2) is 30.5 Å². The number of aromatic nitrogens is 1. The van der Waals surface area contributed by atoms with Crippen molar-refractivity contribution in [3.8, 4) is 0 Å². The van der Waals surface area contributed by atoms with Crippen LogP contribution in [0.1, 0.15) is 5.56 Å². The normalized spacial score (nSPS) is 10.3. The first-order valence-electron chi connectivity index (χ1n) is 3.60. The van der Waals surface area contributed by atoms with E-state index in [1.165, 1.54) is 5.39 Å². The van der Waals surface area contributed by atoms with E-state index in [0.29, 0.717) is 0 Å². The van der Waals surface area contributed by atoms with Crippen molar-refractivity contribution in [3.63, 3.8) is 0 Å². The number of para-hydroxylation sites is 1. The second-order valence-electron chi connectivity index (χ2n) is 2.54. The molecule has 0 aliphatic rings. The van der Waals surface area contributed by atoms with Crippen LogP contribution in [0.25, 0.3) is 10.9 Å². The van der Waals surface area contributed by atoms with E-state index < -0.39 is 0 Å². The van der Waals surface area contributed by atoms with Gasteiger partial charge in [-0.05, 0) is 18.6 Å². The Kier molecular flexibility index (Phi) is 1.35. The highest BCUT2D eigenvalue weighted by molar-refractivity contribution is 5.81. The quantitative estimate of drug-likeness (QED) is 0.550. The van der Waals surface area contributed by atoms with Crippen LogP contribution in [-0.2, 0) is 0 Å². The van der Waals surface area contributed by atoms with Gasteiger partial charge in [0.1, 0.15) is 0 Å². The smallest absolute Gasteiger partial charge is 0.0705 e. The van der Waals surface area contributed by atoms with Gasteiger partial charge in [0, 0.05) is 17.6 Å². The monoisotopic (exact) mass is 142 g/mol. The molecular weight excluding hydrogens is 134 g/mol. The Bertz CT molecular complexity index is 374. The minimum absolute atomic E-state index is 1.05. The summed E-state index contributed by atoms with van der Waals surface area (Å²) in [7, 11) is 0. The first kappa shape index (κ1) is 6.35. The van der Waals surface area contributed by atoms with Crippen LogP contribution in [0, 0.1) is 13.0 Å². The predicted octanol–water partition coefficient (Wildman–Crippen LogP) is 2.34. The van der Waals surface area contributed by atoms with E-state index in [9.17, 15) is 0 Å². The predicted molar refractivity (Wildman–Crippen MR) is 45.3 cm³/mol. The average Bonchev–Trinajstić information content (AvgIpc) is 2.06. The van der Waals surface area contributed by atoms with Gasteiger partial charge < -0.3 is 0 Å². The molecule has 2 aromatic rings. The number of rotatable bonds is 0. The summed E-state index contributed by atoms with van der Waals surface area (Å²) in [5, 5.41) is 1.19. The Morgan fingerprint density at radius 2 is 2.09 bits per heavy atom. The summed E-state index contributed by atoms with van der Waals surface area (Å²) in [4.78, 5) is 4.19. The maximum absolute atomic E-state index is 4.19. The lowest BCUT2D eigenvalue weighted by atomic mass is 10.1. The molecule has 0 N–H and O–H groups in total. The first-order chi connectivity index (χ1) is 5.38. The van der Waals surface area contributed by atoms with E-state index in [0.717, 1.165) is 11.1 Å². The van der Waals surface area contributed by atoms with Crippen molar-refractivity contribution in [1.29, 1.82) is 0 Å². The first-order valence-corrected chi connectivity index (χ1v) is 3.60. The lowest BCUT2D eigenvalue weighted by Crippen LogP contribution is -1.80. The van der Waals surface area contributed by atoms with Crippen LogP contribution in [0.5, 0.6) is 0 Å². The molecule has 0 aliphatic carbocycles. The van der Waals surface area contributed by atoms with Gasteiger partial charge in [0.2, 0.25) is 0 Å². The summed E-state index contributed by atoms with van der Waals surface area (Å²) >= 11 is 0. The molecule has 1 aromatic carbocycles. The van der Waals surface area contributed by atoms with Crippen LogP contribution in [0.3, 0.4) is 0 Å². The Morgan fingerprint density at radius 1 is 1.27 bits per heavy atom. The standard InChI is InChI=1S/C10H8N/c1-8-6-7-11-10-5-3-2-4-9(8)10/h2-5,7H,1H3. The third-order valence-electron chi connectivity index (χ3n) is 1.79. The topological polar surface area (TPSA) is 12.9 Å². The van der Waals surface area contributed by atoms with Gasteiger partial charge in [-0.25, -0.2) is 0 Å². The molecule has 0 saturated heterocycles. The van der Waals surface area contributed by atoms with Crippen molar-refractivity contribution in [2.45, 2.75) is 6.92 Å². The molecule has 11 heavy (non-hydrogen) atoms. The van der Waals surface area contributed by atoms with Crippen molar-refractivity contribution in [2.24, 2.45) is 0 Å². The summed E-state index contributed by atoms with van der Waals surface area (Å²) in [6.45, 7) is 2.05. The van der Waals surface area contributed by atoms with E-state index in [1.54, 1.807) is 6.20 Å². The zero-order valence-corrected chi connectivity index (χ0v) is 6.33. The molecule has 0 fully saturated rings. The third kappa shape index (κ3) is 0.984. The molecule has 0 amide bonds. The number of hydrogen-bond acceptors (Lipinski definition) is 1. The largest absolute Gasteiger partial charge is 0.256 e. The number of fused-ring (bicyclic) bond motifs is 1. The van der Waals surface area contributed by atoms with E-state index in [2.05, 4.69) is 17.1 Å². The molecule has 0 bridgehead atoms. The number of pyridine rings is 1. The summed E-state index contributed by atoms with van der Waals surface area (Å²) in [6.07, 6.45) is 1.72. The Labute approximate surface area is 65.7 Å². The molecule has 53 valence electrons. The minimum Gasteiger partial charge on any atom is -0.256 e. The highest BCUT2D eigenvalue weighted by Gasteiger charge is 1.93. The van der Waals surface area contributed by atoms with Gasteiger partial charge in [-0.1, -0.05) is 18.2 Å². The molecule has 0 spiro atoms. The van der Waals surface area contributed by atoms with Crippen LogP contribution < -0.4 is 0 Å². The van der Waals surface area contributed by atoms with Crippen molar-refractivity contribution in [1.82, 2.24) is 4.98 Å². The van der Waals surface area contributed by atoms with E-state index in [1.807, 2.05) is 25.1 Å². The Morgan fingerprint density at radius 3 is 2.91 bits per heavy atom. The van der Waals surface area contributed by atoms with Gasteiger partial charge in [0.25, 0.3) is 0 Å². The second kappa shape index (κ2) is 2.35. The maximum Gasteiger partial charge on any atom is 0.0705 e. The van der Waals surface area contributed by atoms with Gasteiger partial charge in [-0.2, -0.15) is 0 Å². The average molecular weight is 142 g/mol. The Balaban J connectivity index is 2.91. The lowest BCUT2D eigenvalue weighted by Gasteiger charge is -1.97. The minimum atomic E-state index is 1.05. The highest BCUT2D eigenvalue weighted by Crippen LogP contribution is 2.13. The molecule has 1 heterocycles. The fourth-order valence-corrected chi connectivity index (χ4v) is 1.18. The molecule has 0 unspecified atom stereocenters. The van der Waals surface area contributed by atoms with Gasteiger partial charge in [0.05, 0.1) is 5.52 Å². The van der Waals surface area contributed by atoms with Crippen molar-refractivity contribution in [3.05, 3.63) is 42.1 Å².